The van der Waals surface area contributed by atoms with Gasteiger partial charge in [0.1, 0.15) is 0 Å². The van der Waals surface area contributed by atoms with E-state index in [1.807, 2.05) is 24.3 Å². The van der Waals surface area contributed by atoms with Crippen LogP contribution in [-0.4, -0.2) is 25.2 Å². The number of aromatic nitrogens is 1. The zero-order valence-corrected chi connectivity index (χ0v) is 13.3. The highest BCUT2D eigenvalue weighted by Crippen LogP contribution is 2.51. The van der Waals surface area contributed by atoms with E-state index in [9.17, 15) is 4.79 Å². The van der Waals surface area contributed by atoms with Crippen LogP contribution in [0, 0.1) is 0 Å². The van der Waals surface area contributed by atoms with Crippen molar-refractivity contribution in [1.29, 1.82) is 0 Å². The lowest BCUT2D eigenvalue weighted by atomic mass is 9.87. The number of nitrogens with zero attached hydrogens (tertiary/aromatic N) is 1. The lowest BCUT2D eigenvalue weighted by Gasteiger charge is -2.46. The predicted octanol–water partition coefficient (Wildman–Crippen LogP) is 2.09. The molecular formula is C17H17N3O4. The van der Waals surface area contributed by atoms with E-state index in [0.29, 0.717) is 23.7 Å². The summed E-state index contributed by atoms with van der Waals surface area (Å²) in [6.07, 6.45) is 3.92. The Morgan fingerprint density at radius 1 is 1.29 bits per heavy atom. The summed E-state index contributed by atoms with van der Waals surface area (Å²) in [6.45, 7) is 0. The number of fused-ring (bicyclic) bond motifs is 4. The Morgan fingerprint density at radius 3 is 2.88 bits per heavy atom. The first-order valence-corrected chi connectivity index (χ1v) is 7.60. The van der Waals surface area contributed by atoms with Gasteiger partial charge in [-0.05, 0) is 24.3 Å². The molecular weight excluding hydrogens is 310 g/mol. The number of amides is 2. The molecule has 2 N–H and O–H groups in total. The van der Waals surface area contributed by atoms with Crippen LogP contribution < -0.4 is 24.8 Å². The minimum absolute atomic E-state index is 0.192. The Morgan fingerprint density at radius 2 is 2.17 bits per heavy atom. The van der Waals surface area contributed by atoms with E-state index in [1.54, 1.807) is 26.6 Å². The van der Waals surface area contributed by atoms with Crippen molar-refractivity contribution < 1.29 is 19.0 Å². The Hall–Kier alpha value is -2.96. The molecule has 2 aliphatic rings. The number of hydrogen-bond donors (Lipinski definition) is 2. The Kier molecular flexibility index (Phi) is 3.23. The van der Waals surface area contributed by atoms with Crippen LogP contribution in [-0.2, 0) is 5.72 Å². The van der Waals surface area contributed by atoms with Crippen molar-refractivity contribution in [2.75, 3.05) is 14.2 Å². The van der Waals surface area contributed by atoms with Gasteiger partial charge >= 0.3 is 6.03 Å². The molecule has 2 amide bonds. The van der Waals surface area contributed by atoms with Gasteiger partial charge in [-0.2, -0.15) is 0 Å². The third-order valence-corrected chi connectivity index (χ3v) is 4.42. The van der Waals surface area contributed by atoms with Gasteiger partial charge in [-0.3, -0.25) is 10.3 Å². The highest BCUT2D eigenvalue weighted by molar-refractivity contribution is 5.78. The molecule has 4 rings (SSSR count). The summed E-state index contributed by atoms with van der Waals surface area (Å²) in [5.74, 6) is 1.64. The first-order chi connectivity index (χ1) is 11.7. The Labute approximate surface area is 138 Å². The molecule has 1 fully saturated rings. The summed E-state index contributed by atoms with van der Waals surface area (Å²) in [4.78, 5) is 16.3. The van der Waals surface area contributed by atoms with Crippen LogP contribution in [0.1, 0.15) is 23.6 Å². The molecule has 1 aromatic heterocycles. The molecule has 7 nitrogen and oxygen atoms in total. The standard InChI is InChI=1S/C17H17N3O4/c1-22-13-6-5-11-12-8-17(20-16(21)19-12,10-4-3-7-18-9-10)24-14(11)15(13)23-2/h3-7,9,12H,8H2,1-2H3,(H2,19,20,21). The molecule has 3 heterocycles. The number of urea groups is 1. The van der Waals surface area contributed by atoms with Crippen molar-refractivity contribution in [1.82, 2.24) is 15.6 Å². The second-order valence-corrected chi connectivity index (χ2v) is 5.75. The van der Waals surface area contributed by atoms with E-state index in [2.05, 4.69) is 15.6 Å². The van der Waals surface area contributed by atoms with E-state index in [0.717, 1.165) is 11.1 Å². The lowest BCUT2D eigenvalue weighted by Crippen LogP contribution is -2.62. The molecule has 2 unspecified atom stereocenters. The van der Waals surface area contributed by atoms with E-state index >= 15 is 0 Å². The second-order valence-electron chi connectivity index (χ2n) is 5.75. The molecule has 124 valence electrons. The maximum absolute atomic E-state index is 12.2. The third-order valence-electron chi connectivity index (χ3n) is 4.42. The van der Waals surface area contributed by atoms with E-state index in [1.165, 1.54) is 0 Å². The molecule has 1 saturated heterocycles. The summed E-state index contributed by atoms with van der Waals surface area (Å²) >= 11 is 0. The van der Waals surface area contributed by atoms with E-state index in [-0.39, 0.29) is 12.1 Å². The molecule has 2 bridgehead atoms. The fourth-order valence-electron chi connectivity index (χ4n) is 3.34. The number of benzene rings is 1. The topological polar surface area (TPSA) is 81.7 Å². The van der Waals surface area contributed by atoms with Crippen molar-refractivity contribution in [2.24, 2.45) is 0 Å². The van der Waals surface area contributed by atoms with Crippen molar-refractivity contribution in [3.05, 3.63) is 47.8 Å². The monoisotopic (exact) mass is 327 g/mol. The number of carbonyl (C=O) groups is 1. The molecule has 2 aromatic rings. The largest absolute Gasteiger partial charge is 0.493 e. The van der Waals surface area contributed by atoms with Gasteiger partial charge in [-0.1, -0.05) is 0 Å². The normalized spacial score (nSPS) is 24.1. The predicted molar refractivity (Wildman–Crippen MR) is 85.1 cm³/mol. The van der Waals surface area contributed by atoms with Gasteiger partial charge in [0.2, 0.25) is 11.5 Å². The fourth-order valence-corrected chi connectivity index (χ4v) is 3.34. The molecule has 2 atom stereocenters. The minimum Gasteiger partial charge on any atom is -0.493 e. The summed E-state index contributed by atoms with van der Waals surface area (Å²) in [5.41, 5.74) is 0.649. The third kappa shape index (κ3) is 2.05. The SMILES string of the molecule is COc1ccc2c(c1OC)OC1(c3cccnc3)CC2NC(=O)N1. The van der Waals surface area contributed by atoms with Gasteiger partial charge in [0, 0.05) is 29.9 Å². The molecule has 24 heavy (non-hydrogen) atoms. The van der Waals surface area contributed by atoms with Crippen LogP contribution in [0.4, 0.5) is 4.79 Å². The van der Waals surface area contributed by atoms with Gasteiger partial charge in [-0.25, -0.2) is 4.79 Å². The molecule has 7 heteroatoms. The zero-order chi connectivity index (χ0) is 16.7. The van der Waals surface area contributed by atoms with Crippen LogP contribution in [0.2, 0.25) is 0 Å². The number of hydrogen-bond acceptors (Lipinski definition) is 5. The molecule has 0 spiro atoms. The average Bonchev–Trinajstić information content (AvgIpc) is 2.61. The highest BCUT2D eigenvalue weighted by Gasteiger charge is 2.49. The van der Waals surface area contributed by atoms with Gasteiger partial charge in [0.05, 0.1) is 20.3 Å². The number of pyridine rings is 1. The highest BCUT2D eigenvalue weighted by atomic mass is 16.6. The van der Waals surface area contributed by atoms with Crippen LogP contribution in [0.5, 0.6) is 17.2 Å². The van der Waals surface area contributed by atoms with Crippen LogP contribution in [0.3, 0.4) is 0 Å². The number of methoxy groups -OCH3 is 2. The van der Waals surface area contributed by atoms with Crippen LogP contribution in [0.25, 0.3) is 0 Å². The smallest absolute Gasteiger partial charge is 0.318 e. The van der Waals surface area contributed by atoms with Gasteiger partial charge < -0.3 is 19.5 Å². The average molecular weight is 327 g/mol. The van der Waals surface area contributed by atoms with Crippen LogP contribution >= 0.6 is 0 Å². The summed E-state index contributed by atoms with van der Waals surface area (Å²) < 4.78 is 17.2. The first kappa shape index (κ1) is 14.6. The second kappa shape index (κ2) is 5.30. The number of rotatable bonds is 3. The van der Waals surface area contributed by atoms with Gasteiger partial charge in [-0.15, -0.1) is 0 Å². The van der Waals surface area contributed by atoms with Crippen molar-refractivity contribution >= 4 is 6.03 Å². The molecule has 0 saturated carbocycles. The first-order valence-electron chi connectivity index (χ1n) is 7.60. The fraction of sp³-hybridized carbons (Fsp3) is 0.294. The molecule has 0 radical (unpaired) electrons. The summed E-state index contributed by atoms with van der Waals surface area (Å²) in [5, 5.41) is 5.84. The van der Waals surface area contributed by atoms with Crippen molar-refractivity contribution in [2.45, 2.75) is 18.2 Å². The molecule has 0 aliphatic carbocycles. The Balaban J connectivity index is 1.90. The number of nitrogens with one attached hydrogen (secondary N) is 2. The maximum Gasteiger partial charge on any atom is 0.318 e. The maximum atomic E-state index is 12.2. The quantitative estimate of drug-likeness (QED) is 0.902. The van der Waals surface area contributed by atoms with Crippen molar-refractivity contribution in [3.8, 4) is 17.2 Å². The minimum atomic E-state index is -0.992. The molecule has 1 aromatic carbocycles. The van der Waals surface area contributed by atoms with Gasteiger partial charge in [0.15, 0.2) is 11.5 Å². The zero-order valence-electron chi connectivity index (χ0n) is 13.3. The lowest BCUT2D eigenvalue weighted by molar-refractivity contribution is -0.0120. The molecule has 2 aliphatic heterocycles. The number of carbonyl (C=O) groups excluding carboxylic acids is 1. The van der Waals surface area contributed by atoms with Crippen molar-refractivity contribution in [3.63, 3.8) is 0 Å². The summed E-state index contributed by atoms with van der Waals surface area (Å²) in [6, 6.07) is 6.92. The van der Waals surface area contributed by atoms with Gasteiger partial charge in [0.25, 0.3) is 0 Å². The van der Waals surface area contributed by atoms with Crippen LogP contribution in [0.15, 0.2) is 36.7 Å². The number of ether oxygens (including phenoxy) is 3. The Bertz CT molecular complexity index is 796. The van der Waals surface area contributed by atoms with E-state index in [4.69, 9.17) is 14.2 Å². The summed E-state index contributed by atoms with van der Waals surface area (Å²) in [7, 11) is 3.14. The van der Waals surface area contributed by atoms with E-state index < -0.39 is 5.72 Å².